The molecular weight excluding hydrogens is 556 g/mol. The summed E-state index contributed by atoms with van der Waals surface area (Å²) in [5, 5.41) is 0. The zero-order valence-electron chi connectivity index (χ0n) is 25.8. The fraction of sp³-hybridized carbons (Fsp3) is 0.576. The Morgan fingerprint density at radius 1 is 0.976 bits per heavy atom. The molecule has 0 bridgehead atoms. The first-order valence-corrected chi connectivity index (χ1v) is 16.4. The Bertz CT molecular complexity index is 1300. The number of ether oxygens (including phenoxy) is 4. The van der Waals surface area contributed by atoms with Crippen molar-refractivity contribution in [3.8, 4) is 0 Å². The predicted molar refractivity (Wildman–Crippen MR) is 162 cm³/mol. The lowest BCUT2D eigenvalue weighted by Gasteiger charge is -2.31. The second kappa shape index (κ2) is 14.1. The highest BCUT2D eigenvalue weighted by molar-refractivity contribution is 7.92. The van der Waals surface area contributed by atoms with Crippen LogP contribution in [0.4, 0.5) is 0 Å². The van der Waals surface area contributed by atoms with Crippen LogP contribution in [-0.2, 0) is 56.8 Å². The van der Waals surface area contributed by atoms with E-state index in [0.29, 0.717) is 32.3 Å². The fourth-order valence-electron chi connectivity index (χ4n) is 5.44. The number of carbonyl (C=O) groups excluding carboxylic acids is 2. The lowest BCUT2D eigenvalue weighted by Crippen LogP contribution is -2.35. The summed E-state index contributed by atoms with van der Waals surface area (Å²) in [6.45, 7) is 11.9. The molecule has 1 heterocycles. The first kappa shape index (κ1) is 33.7. The second-order valence-corrected chi connectivity index (χ2v) is 14.7. The smallest absolute Gasteiger partial charge is 0.321 e. The zero-order chi connectivity index (χ0) is 31.0. The molecule has 1 fully saturated rings. The molecule has 42 heavy (non-hydrogen) atoms. The Hall–Kier alpha value is -2.75. The van der Waals surface area contributed by atoms with E-state index in [1.54, 1.807) is 6.92 Å². The van der Waals surface area contributed by atoms with Crippen molar-refractivity contribution >= 4 is 21.8 Å². The standard InChI is InChI=1S/C33H46O8S/c1-7-38-29(34)23-42(36,37)24-31(2,3)17-12-18-33(6,30(35)39-21-25-13-9-8-10-14-25)27-16-11-15-26(19-27)20-28-22-40-32(4,5)41-28/h8-11,13-16,19,28H,7,12,17-18,20-24H2,1-6H3. The van der Waals surface area contributed by atoms with Gasteiger partial charge in [0.25, 0.3) is 0 Å². The summed E-state index contributed by atoms with van der Waals surface area (Å²) in [5.41, 5.74) is 1.21. The van der Waals surface area contributed by atoms with Crippen molar-refractivity contribution in [1.29, 1.82) is 0 Å². The van der Waals surface area contributed by atoms with Gasteiger partial charge in [0.2, 0.25) is 0 Å². The highest BCUT2D eigenvalue weighted by Gasteiger charge is 2.38. The minimum atomic E-state index is -3.65. The van der Waals surface area contributed by atoms with Crippen LogP contribution in [0.15, 0.2) is 54.6 Å². The normalized spacial score (nSPS) is 18.3. The lowest BCUT2D eigenvalue weighted by molar-refractivity contribution is -0.152. The summed E-state index contributed by atoms with van der Waals surface area (Å²) < 4.78 is 47.7. The number of hydrogen-bond acceptors (Lipinski definition) is 8. The van der Waals surface area contributed by atoms with Crippen molar-refractivity contribution < 1.29 is 37.0 Å². The van der Waals surface area contributed by atoms with Gasteiger partial charge in [0, 0.05) is 6.42 Å². The van der Waals surface area contributed by atoms with E-state index in [9.17, 15) is 18.0 Å². The molecule has 2 atom stereocenters. The highest BCUT2D eigenvalue weighted by Crippen LogP contribution is 2.36. The van der Waals surface area contributed by atoms with Gasteiger partial charge in [0.15, 0.2) is 15.6 Å². The Kier molecular flexibility index (Phi) is 11.4. The molecular formula is C33H46O8S. The SMILES string of the molecule is CCOC(=O)CS(=O)(=O)CC(C)(C)CCCC(C)(C(=O)OCc1ccccc1)c1cccc(CC2COC(C)(C)O2)c1. The Morgan fingerprint density at radius 3 is 2.31 bits per heavy atom. The van der Waals surface area contributed by atoms with E-state index in [1.165, 1.54) is 0 Å². The van der Waals surface area contributed by atoms with Crippen LogP contribution in [-0.4, -0.2) is 57.0 Å². The molecule has 0 amide bonds. The van der Waals surface area contributed by atoms with Crippen molar-refractivity contribution in [2.75, 3.05) is 24.7 Å². The van der Waals surface area contributed by atoms with Gasteiger partial charge in [0.1, 0.15) is 12.4 Å². The fourth-order valence-corrected chi connectivity index (χ4v) is 7.32. The molecule has 2 unspecified atom stereocenters. The van der Waals surface area contributed by atoms with Gasteiger partial charge in [-0.05, 0) is 62.6 Å². The van der Waals surface area contributed by atoms with Gasteiger partial charge in [-0.1, -0.05) is 74.9 Å². The molecule has 1 saturated heterocycles. The Balaban J connectivity index is 1.75. The third kappa shape index (κ3) is 10.2. The summed E-state index contributed by atoms with van der Waals surface area (Å²) in [5.74, 6) is -2.47. The van der Waals surface area contributed by atoms with E-state index in [4.69, 9.17) is 18.9 Å². The van der Waals surface area contributed by atoms with Crippen LogP contribution >= 0.6 is 0 Å². The topological polar surface area (TPSA) is 105 Å². The molecule has 8 nitrogen and oxygen atoms in total. The molecule has 1 aliphatic heterocycles. The van der Waals surface area contributed by atoms with Crippen LogP contribution in [0.3, 0.4) is 0 Å². The number of benzene rings is 2. The first-order chi connectivity index (χ1) is 19.6. The average molecular weight is 603 g/mol. The summed E-state index contributed by atoms with van der Waals surface area (Å²) in [4.78, 5) is 25.5. The summed E-state index contributed by atoms with van der Waals surface area (Å²) in [6, 6.07) is 17.5. The predicted octanol–water partition coefficient (Wildman–Crippen LogP) is 5.56. The number of esters is 2. The van der Waals surface area contributed by atoms with Crippen LogP contribution < -0.4 is 0 Å². The van der Waals surface area contributed by atoms with Gasteiger partial charge in [0.05, 0.1) is 30.5 Å². The summed E-state index contributed by atoms with van der Waals surface area (Å²) in [6.07, 6.45) is 2.15. The quantitative estimate of drug-likeness (QED) is 0.244. The van der Waals surface area contributed by atoms with Gasteiger partial charge < -0.3 is 18.9 Å². The Morgan fingerprint density at radius 2 is 1.67 bits per heavy atom. The number of hydrogen-bond donors (Lipinski definition) is 0. The maximum absolute atomic E-state index is 13.7. The van der Waals surface area contributed by atoms with Gasteiger partial charge in [-0.3, -0.25) is 9.59 Å². The monoisotopic (exact) mass is 602 g/mol. The number of rotatable bonds is 15. The Labute approximate surface area is 251 Å². The van der Waals surface area contributed by atoms with E-state index in [1.807, 2.05) is 89.2 Å². The molecule has 2 aromatic carbocycles. The van der Waals surface area contributed by atoms with Gasteiger partial charge in [-0.2, -0.15) is 0 Å². The third-order valence-electron chi connectivity index (χ3n) is 7.54. The van der Waals surface area contributed by atoms with Crippen molar-refractivity contribution in [2.45, 2.75) is 91.1 Å². The summed E-state index contributed by atoms with van der Waals surface area (Å²) >= 11 is 0. The minimum absolute atomic E-state index is 0.0797. The van der Waals surface area contributed by atoms with Crippen molar-refractivity contribution in [2.24, 2.45) is 5.41 Å². The van der Waals surface area contributed by atoms with Crippen LogP contribution in [0.2, 0.25) is 0 Å². The van der Waals surface area contributed by atoms with Gasteiger partial charge >= 0.3 is 11.9 Å². The molecule has 0 N–H and O–H groups in total. The maximum Gasteiger partial charge on any atom is 0.321 e. The molecule has 0 spiro atoms. The van der Waals surface area contributed by atoms with E-state index >= 15 is 0 Å². The van der Waals surface area contributed by atoms with Crippen molar-refractivity contribution in [1.82, 2.24) is 0 Å². The molecule has 232 valence electrons. The molecule has 0 radical (unpaired) electrons. The second-order valence-electron chi connectivity index (χ2n) is 12.6. The third-order valence-corrected chi connectivity index (χ3v) is 9.44. The van der Waals surface area contributed by atoms with Crippen molar-refractivity contribution in [3.63, 3.8) is 0 Å². The largest absolute Gasteiger partial charge is 0.465 e. The first-order valence-electron chi connectivity index (χ1n) is 14.6. The molecule has 2 aromatic rings. The molecule has 1 aliphatic rings. The molecule has 0 aliphatic carbocycles. The molecule has 0 aromatic heterocycles. The summed E-state index contributed by atoms with van der Waals surface area (Å²) in [7, 11) is -3.65. The van der Waals surface area contributed by atoms with Gasteiger partial charge in [-0.15, -0.1) is 0 Å². The zero-order valence-corrected chi connectivity index (χ0v) is 26.6. The van der Waals surface area contributed by atoms with E-state index < -0.39 is 38.2 Å². The molecule has 0 saturated carbocycles. The van der Waals surface area contributed by atoms with Crippen molar-refractivity contribution in [3.05, 3.63) is 71.3 Å². The van der Waals surface area contributed by atoms with E-state index in [2.05, 4.69) is 0 Å². The number of carbonyl (C=O) groups is 2. The van der Waals surface area contributed by atoms with Crippen LogP contribution in [0.1, 0.15) is 77.5 Å². The van der Waals surface area contributed by atoms with Crippen LogP contribution in [0.5, 0.6) is 0 Å². The highest BCUT2D eigenvalue weighted by atomic mass is 32.2. The van der Waals surface area contributed by atoms with E-state index in [0.717, 1.165) is 16.7 Å². The molecule has 3 rings (SSSR count). The lowest BCUT2D eigenvalue weighted by atomic mass is 9.75. The minimum Gasteiger partial charge on any atom is -0.465 e. The van der Waals surface area contributed by atoms with Gasteiger partial charge in [-0.25, -0.2) is 8.42 Å². The number of sulfone groups is 1. The van der Waals surface area contributed by atoms with Crippen LogP contribution in [0, 0.1) is 5.41 Å². The van der Waals surface area contributed by atoms with Crippen LogP contribution in [0.25, 0.3) is 0 Å². The average Bonchev–Trinajstić information content (AvgIpc) is 3.24. The molecule has 9 heteroatoms. The maximum atomic E-state index is 13.7. The van der Waals surface area contributed by atoms with E-state index in [-0.39, 0.29) is 31.0 Å².